The molecule has 2 atom stereocenters. The molecule has 0 heterocycles. The number of nitrogens with one attached hydrogen (secondary N) is 3. The van der Waals surface area contributed by atoms with E-state index in [9.17, 15) is 19.2 Å². The first-order chi connectivity index (χ1) is 18.8. The zero-order valence-corrected chi connectivity index (χ0v) is 23.2. The van der Waals surface area contributed by atoms with Gasteiger partial charge in [0.15, 0.2) is 0 Å². The third-order valence-electron chi connectivity index (χ3n) is 5.91. The van der Waals surface area contributed by atoms with Crippen molar-refractivity contribution in [1.82, 2.24) is 16.0 Å². The molecule has 2 rings (SSSR count). The predicted octanol–water partition coefficient (Wildman–Crippen LogP) is 1.77. The summed E-state index contributed by atoms with van der Waals surface area (Å²) in [5, 5.41) is 7.99. The number of Topliss-reactive ketones (excluding diaryl/α,β-unsaturated/α-hetero) is 1. The van der Waals surface area contributed by atoms with Gasteiger partial charge in [-0.2, -0.15) is 0 Å². The van der Waals surface area contributed by atoms with Crippen LogP contribution in [0.3, 0.4) is 0 Å². The maximum atomic E-state index is 13.2. The summed E-state index contributed by atoms with van der Waals surface area (Å²) in [7, 11) is 1.59. The molecule has 39 heavy (non-hydrogen) atoms. The van der Waals surface area contributed by atoms with Crippen LogP contribution in [0, 0.1) is 5.92 Å². The Kier molecular flexibility index (Phi) is 15.1. The van der Waals surface area contributed by atoms with Crippen molar-refractivity contribution in [3.63, 3.8) is 0 Å². The van der Waals surface area contributed by atoms with Crippen LogP contribution >= 0.6 is 0 Å². The van der Waals surface area contributed by atoms with Gasteiger partial charge >= 0.3 is 6.09 Å². The summed E-state index contributed by atoms with van der Waals surface area (Å²) in [5.41, 5.74) is 0.983. The third-order valence-corrected chi connectivity index (χ3v) is 5.91. The first kappa shape index (κ1) is 32.2. The monoisotopic (exact) mass is 549 g/mol. The lowest BCUT2D eigenvalue weighted by molar-refractivity contribution is -0.140. The van der Waals surface area contributed by atoms with Crippen LogP contribution in [-0.4, -0.2) is 88.6 Å². The molecule has 0 aromatic heterocycles. The summed E-state index contributed by atoms with van der Waals surface area (Å²) in [6.07, 6.45) is 1.98. The van der Waals surface area contributed by atoms with Crippen molar-refractivity contribution in [2.24, 2.45) is 5.92 Å². The van der Waals surface area contributed by atoms with Gasteiger partial charge in [0.25, 0.3) is 5.91 Å². The van der Waals surface area contributed by atoms with Crippen molar-refractivity contribution in [3.05, 3.63) is 35.9 Å². The molecule has 11 nitrogen and oxygen atoms in total. The van der Waals surface area contributed by atoms with E-state index in [2.05, 4.69) is 16.0 Å². The van der Waals surface area contributed by atoms with E-state index in [1.54, 1.807) is 7.11 Å². The van der Waals surface area contributed by atoms with Crippen LogP contribution in [0.25, 0.3) is 0 Å². The number of hydrogen-bond donors (Lipinski definition) is 3. The second-order valence-corrected chi connectivity index (χ2v) is 9.88. The average Bonchev–Trinajstić information content (AvgIpc) is 3.73. The maximum Gasteiger partial charge on any atom is 0.407 e. The molecule has 1 saturated carbocycles. The number of aryl methyl sites for hydroxylation is 1. The Hall–Kier alpha value is -3.02. The van der Waals surface area contributed by atoms with Crippen molar-refractivity contribution < 1.29 is 38.1 Å². The van der Waals surface area contributed by atoms with Crippen molar-refractivity contribution in [1.29, 1.82) is 0 Å². The number of alkyl carbamates (subject to hydrolysis) is 1. The van der Waals surface area contributed by atoms with E-state index in [1.807, 2.05) is 44.2 Å². The minimum absolute atomic E-state index is 0.000549. The summed E-state index contributed by atoms with van der Waals surface area (Å²) in [5.74, 6) is -1.87. The molecule has 3 amide bonds. The number of carbonyl (C=O) groups is 4. The molecular weight excluding hydrogens is 506 g/mol. The fraction of sp³-hybridized carbons (Fsp3) is 0.643. The van der Waals surface area contributed by atoms with E-state index in [-0.39, 0.29) is 31.6 Å². The highest BCUT2D eigenvalue weighted by atomic mass is 16.6. The summed E-state index contributed by atoms with van der Waals surface area (Å²) in [6, 6.07) is 7.57. The van der Waals surface area contributed by atoms with Crippen molar-refractivity contribution in [2.45, 2.75) is 64.1 Å². The van der Waals surface area contributed by atoms with E-state index in [4.69, 9.17) is 18.9 Å². The summed E-state index contributed by atoms with van der Waals surface area (Å²) < 4.78 is 20.7. The van der Waals surface area contributed by atoms with Crippen LogP contribution in [0.15, 0.2) is 30.3 Å². The van der Waals surface area contributed by atoms with Gasteiger partial charge in [0, 0.05) is 13.2 Å². The highest BCUT2D eigenvalue weighted by Gasteiger charge is 2.33. The Bertz CT molecular complexity index is 892. The van der Waals surface area contributed by atoms with Crippen molar-refractivity contribution in [2.75, 3.05) is 46.8 Å². The molecule has 1 aromatic carbocycles. The fourth-order valence-electron chi connectivity index (χ4n) is 3.68. The number of carbonyl (C=O) groups excluding carboxylic acids is 4. The maximum absolute atomic E-state index is 13.2. The van der Waals surface area contributed by atoms with E-state index in [1.165, 1.54) is 0 Å². The number of amides is 3. The molecule has 0 radical (unpaired) electrons. The lowest BCUT2D eigenvalue weighted by Crippen LogP contribution is -2.54. The van der Waals surface area contributed by atoms with Gasteiger partial charge in [-0.3, -0.25) is 14.4 Å². The van der Waals surface area contributed by atoms with Gasteiger partial charge in [0.05, 0.1) is 39.1 Å². The zero-order valence-electron chi connectivity index (χ0n) is 23.2. The molecule has 11 heteroatoms. The Labute approximate surface area is 230 Å². The minimum atomic E-state index is -1.02. The molecule has 0 aliphatic heterocycles. The second kappa shape index (κ2) is 18.3. The lowest BCUT2D eigenvalue weighted by Gasteiger charge is -2.23. The second-order valence-electron chi connectivity index (χ2n) is 9.88. The minimum Gasteiger partial charge on any atom is -0.447 e. The van der Waals surface area contributed by atoms with Gasteiger partial charge in [-0.25, -0.2) is 4.79 Å². The molecule has 0 unspecified atom stereocenters. The SMILES string of the molecule is COCCOCCOCCOC(=O)N[C@@H](CC(C)C)C(=O)N[C@@H](CCc1ccccc1)C(=O)C(=O)NC1CC1. The molecule has 1 aliphatic rings. The van der Waals surface area contributed by atoms with Gasteiger partial charge in [-0.05, 0) is 43.6 Å². The van der Waals surface area contributed by atoms with Gasteiger partial charge in [0.2, 0.25) is 11.7 Å². The molecule has 218 valence electrons. The number of ether oxygens (including phenoxy) is 4. The number of rotatable bonds is 20. The normalized spacial score (nSPS) is 14.4. The summed E-state index contributed by atoms with van der Waals surface area (Å²) >= 11 is 0. The van der Waals surface area contributed by atoms with Crippen LogP contribution in [-0.2, 0) is 39.8 Å². The van der Waals surface area contributed by atoms with Gasteiger partial charge in [0.1, 0.15) is 12.6 Å². The van der Waals surface area contributed by atoms with Gasteiger partial charge in [-0.15, -0.1) is 0 Å². The Morgan fingerprint density at radius 1 is 0.872 bits per heavy atom. The number of hydrogen-bond acceptors (Lipinski definition) is 8. The highest BCUT2D eigenvalue weighted by molar-refractivity contribution is 6.38. The Balaban J connectivity index is 1.89. The van der Waals surface area contributed by atoms with E-state index >= 15 is 0 Å². The summed E-state index contributed by atoms with van der Waals surface area (Å²) in [4.78, 5) is 51.0. The van der Waals surface area contributed by atoms with Crippen molar-refractivity contribution >= 4 is 23.7 Å². The number of methoxy groups -OCH3 is 1. The van der Waals surface area contributed by atoms with Crippen LogP contribution < -0.4 is 16.0 Å². The molecule has 3 N–H and O–H groups in total. The van der Waals surface area contributed by atoms with Crippen molar-refractivity contribution in [3.8, 4) is 0 Å². The molecule has 1 fully saturated rings. The third kappa shape index (κ3) is 14.1. The molecular formula is C28H43N3O8. The number of ketones is 1. The lowest BCUT2D eigenvalue weighted by atomic mass is 9.99. The van der Waals surface area contributed by atoms with Crippen LogP contribution in [0.5, 0.6) is 0 Å². The first-order valence-electron chi connectivity index (χ1n) is 13.6. The fourth-order valence-corrected chi connectivity index (χ4v) is 3.68. The van der Waals surface area contributed by atoms with E-state index in [0.717, 1.165) is 18.4 Å². The topological polar surface area (TPSA) is 141 Å². The highest BCUT2D eigenvalue weighted by Crippen LogP contribution is 2.18. The largest absolute Gasteiger partial charge is 0.447 e. The molecule has 0 saturated heterocycles. The predicted molar refractivity (Wildman–Crippen MR) is 144 cm³/mol. The summed E-state index contributed by atoms with van der Waals surface area (Å²) in [6.45, 7) is 5.72. The molecule has 1 aliphatic carbocycles. The quantitative estimate of drug-likeness (QED) is 0.165. The van der Waals surface area contributed by atoms with Crippen LogP contribution in [0.4, 0.5) is 4.79 Å². The Morgan fingerprint density at radius 2 is 1.51 bits per heavy atom. The van der Waals surface area contributed by atoms with Gasteiger partial charge < -0.3 is 34.9 Å². The first-order valence-corrected chi connectivity index (χ1v) is 13.6. The van der Waals surface area contributed by atoms with Crippen LogP contribution in [0.2, 0.25) is 0 Å². The molecule has 1 aromatic rings. The molecule has 0 bridgehead atoms. The van der Waals surface area contributed by atoms with Gasteiger partial charge in [-0.1, -0.05) is 44.2 Å². The number of benzene rings is 1. The van der Waals surface area contributed by atoms with E-state index < -0.39 is 35.8 Å². The average molecular weight is 550 g/mol. The Morgan fingerprint density at radius 3 is 2.13 bits per heavy atom. The smallest absolute Gasteiger partial charge is 0.407 e. The zero-order chi connectivity index (χ0) is 28.5. The standard InChI is InChI=1S/C28H43N3O8/c1-20(2)19-24(31-28(35)39-18-17-38-16-15-37-14-13-36-3)26(33)30-23(12-9-21-7-5-4-6-8-21)25(32)27(34)29-22-10-11-22/h4-8,20,22-24H,9-19H2,1-3H3,(H,29,34)(H,30,33)(H,31,35)/t23-,24-/m0/s1. The van der Waals surface area contributed by atoms with Crippen LogP contribution in [0.1, 0.15) is 45.1 Å². The van der Waals surface area contributed by atoms with E-state index in [0.29, 0.717) is 39.3 Å². The molecule has 0 spiro atoms.